The minimum Gasteiger partial charge on any atom is -0.371 e. The third-order valence-electron chi connectivity index (χ3n) is 3.65. The van der Waals surface area contributed by atoms with Crippen molar-refractivity contribution in [2.24, 2.45) is 5.92 Å². The molecule has 1 saturated heterocycles. The summed E-state index contributed by atoms with van der Waals surface area (Å²) in [6.07, 6.45) is 3.94. The molecule has 1 N–H and O–H groups in total. The first kappa shape index (κ1) is 13.4. The number of nitrogens with zero attached hydrogens (tertiary/aromatic N) is 1. The molecule has 0 radical (unpaired) electrons. The molecule has 1 heterocycles. The molecule has 1 aliphatic rings. The molecule has 0 saturated carbocycles. The van der Waals surface area contributed by atoms with Crippen molar-refractivity contribution in [3.8, 4) is 0 Å². The highest BCUT2D eigenvalue weighted by Crippen LogP contribution is 2.24. The van der Waals surface area contributed by atoms with Gasteiger partial charge in [-0.15, -0.1) is 0 Å². The molecular formula is C16H26N2. The average molecular weight is 246 g/mol. The molecule has 0 aliphatic carbocycles. The van der Waals surface area contributed by atoms with Crippen LogP contribution in [0.3, 0.4) is 0 Å². The maximum absolute atomic E-state index is 3.57. The molecule has 0 unspecified atom stereocenters. The van der Waals surface area contributed by atoms with Crippen LogP contribution in [0.4, 0.5) is 5.69 Å². The summed E-state index contributed by atoms with van der Waals surface area (Å²) in [7, 11) is 0. The predicted octanol–water partition coefficient (Wildman–Crippen LogP) is 3.42. The molecule has 100 valence electrons. The SMILES string of the molecule is CC(C)CCNCc1ccccc1N1CCCC1. The van der Waals surface area contributed by atoms with E-state index < -0.39 is 0 Å². The van der Waals surface area contributed by atoms with Gasteiger partial charge >= 0.3 is 0 Å². The summed E-state index contributed by atoms with van der Waals surface area (Å²) in [5, 5.41) is 3.57. The summed E-state index contributed by atoms with van der Waals surface area (Å²) in [4.78, 5) is 2.53. The molecule has 0 amide bonds. The molecule has 0 atom stereocenters. The van der Waals surface area contributed by atoms with Gasteiger partial charge in [-0.1, -0.05) is 32.0 Å². The number of anilines is 1. The lowest BCUT2D eigenvalue weighted by Gasteiger charge is -2.21. The van der Waals surface area contributed by atoms with Crippen molar-refractivity contribution in [3.05, 3.63) is 29.8 Å². The molecule has 0 aromatic heterocycles. The van der Waals surface area contributed by atoms with Crippen LogP contribution in [0, 0.1) is 5.92 Å². The minimum atomic E-state index is 0.784. The van der Waals surface area contributed by atoms with Crippen molar-refractivity contribution >= 4 is 5.69 Å². The van der Waals surface area contributed by atoms with Crippen molar-refractivity contribution in [2.45, 2.75) is 39.7 Å². The van der Waals surface area contributed by atoms with Crippen LogP contribution in [0.2, 0.25) is 0 Å². The standard InChI is InChI=1S/C16H26N2/c1-14(2)9-10-17-13-15-7-3-4-8-16(15)18-11-5-6-12-18/h3-4,7-8,14,17H,5-6,9-13H2,1-2H3. The largest absolute Gasteiger partial charge is 0.371 e. The first-order valence-electron chi connectivity index (χ1n) is 7.31. The highest BCUT2D eigenvalue weighted by atomic mass is 15.1. The van der Waals surface area contributed by atoms with Crippen LogP contribution < -0.4 is 10.2 Å². The second-order valence-corrected chi connectivity index (χ2v) is 5.68. The van der Waals surface area contributed by atoms with Crippen LogP contribution >= 0.6 is 0 Å². The van der Waals surface area contributed by atoms with Gasteiger partial charge in [-0.3, -0.25) is 0 Å². The third kappa shape index (κ3) is 3.74. The van der Waals surface area contributed by atoms with Gasteiger partial charge in [0.15, 0.2) is 0 Å². The van der Waals surface area contributed by atoms with Gasteiger partial charge in [0, 0.05) is 25.3 Å². The lowest BCUT2D eigenvalue weighted by molar-refractivity contribution is 0.537. The van der Waals surface area contributed by atoms with Crippen LogP contribution in [-0.4, -0.2) is 19.6 Å². The minimum absolute atomic E-state index is 0.784. The number of nitrogens with one attached hydrogen (secondary N) is 1. The van der Waals surface area contributed by atoms with E-state index in [4.69, 9.17) is 0 Å². The van der Waals surface area contributed by atoms with Gasteiger partial charge in [0.25, 0.3) is 0 Å². The Morgan fingerprint density at radius 2 is 1.89 bits per heavy atom. The Balaban J connectivity index is 1.90. The maximum atomic E-state index is 3.57. The Morgan fingerprint density at radius 1 is 1.17 bits per heavy atom. The van der Waals surface area contributed by atoms with E-state index in [1.165, 1.54) is 43.6 Å². The van der Waals surface area contributed by atoms with E-state index in [0.717, 1.165) is 19.0 Å². The Bertz CT molecular complexity index is 354. The zero-order valence-corrected chi connectivity index (χ0v) is 11.8. The third-order valence-corrected chi connectivity index (χ3v) is 3.65. The zero-order chi connectivity index (χ0) is 12.8. The van der Waals surface area contributed by atoms with Crippen LogP contribution in [0.15, 0.2) is 24.3 Å². The Kier molecular flexibility index (Phi) is 5.06. The van der Waals surface area contributed by atoms with E-state index in [-0.39, 0.29) is 0 Å². The van der Waals surface area contributed by atoms with Gasteiger partial charge < -0.3 is 10.2 Å². The van der Waals surface area contributed by atoms with Crippen molar-refractivity contribution in [1.82, 2.24) is 5.32 Å². The molecule has 2 nitrogen and oxygen atoms in total. The number of hydrogen-bond donors (Lipinski definition) is 1. The van der Waals surface area contributed by atoms with Crippen molar-refractivity contribution in [1.29, 1.82) is 0 Å². The molecule has 18 heavy (non-hydrogen) atoms. The fourth-order valence-corrected chi connectivity index (χ4v) is 2.54. The Morgan fingerprint density at radius 3 is 2.61 bits per heavy atom. The van der Waals surface area contributed by atoms with Gasteiger partial charge in [-0.2, -0.15) is 0 Å². The van der Waals surface area contributed by atoms with Gasteiger partial charge in [-0.05, 0) is 43.4 Å². The van der Waals surface area contributed by atoms with Crippen LogP contribution in [0.25, 0.3) is 0 Å². The second kappa shape index (κ2) is 6.79. The van der Waals surface area contributed by atoms with Crippen LogP contribution in [-0.2, 0) is 6.54 Å². The summed E-state index contributed by atoms with van der Waals surface area (Å²) in [5.41, 5.74) is 2.88. The van der Waals surface area contributed by atoms with Gasteiger partial charge in [0.2, 0.25) is 0 Å². The number of hydrogen-bond acceptors (Lipinski definition) is 2. The first-order chi connectivity index (χ1) is 8.77. The lowest BCUT2D eigenvalue weighted by atomic mass is 10.1. The molecule has 2 rings (SSSR count). The fraction of sp³-hybridized carbons (Fsp3) is 0.625. The van der Waals surface area contributed by atoms with E-state index in [9.17, 15) is 0 Å². The lowest BCUT2D eigenvalue weighted by Crippen LogP contribution is -2.22. The summed E-state index contributed by atoms with van der Waals surface area (Å²) < 4.78 is 0. The van der Waals surface area contributed by atoms with Crippen molar-refractivity contribution in [3.63, 3.8) is 0 Å². The summed E-state index contributed by atoms with van der Waals surface area (Å²) in [6.45, 7) is 9.12. The van der Waals surface area contributed by atoms with Gasteiger partial charge in [-0.25, -0.2) is 0 Å². The predicted molar refractivity (Wildman–Crippen MR) is 79.1 cm³/mol. The Hall–Kier alpha value is -1.02. The average Bonchev–Trinajstić information content (AvgIpc) is 2.88. The molecule has 1 fully saturated rings. The molecular weight excluding hydrogens is 220 g/mol. The Labute approximate surface area is 111 Å². The van der Waals surface area contributed by atoms with Crippen molar-refractivity contribution < 1.29 is 0 Å². The summed E-state index contributed by atoms with van der Waals surface area (Å²) >= 11 is 0. The monoisotopic (exact) mass is 246 g/mol. The molecule has 0 spiro atoms. The number of benzene rings is 1. The quantitative estimate of drug-likeness (QED) is 0.774. The van der Waals surface area contributed by atoms with E-state index in [2.05, 4.69) is 48.3 Å². The molecule has 1 aromatic rings. The number of para-hydroxylation sites is 1. The van der Waals surface area contributed by atoms with Gasteiger partial charge in [0.1, 0.15) is 0 Å². The molecule has 0 bridgehead atoms. The smallest absolute Gasteiger partial charge is 0.0411 e. The second-order valence-electron chi connectivity index (χ2n) is 5.68. The van der Waals surface area contributed by atoms with E-state index in [1.54, 1.807) is 0 Å². The van der Waals surface area contributed by atoms with E-state index >= 15 is 0 Å². The molecule has 1 aromatic carbocycles. The maximum Gasteiger partial charge on any atom is 0.0411 e. The highest BCUT2D eigenvalue weighted by Gasteiger charge is 2.14. The van der Waals surface area contributed by atoms with Crippen molar-refractivity contribution in [2.75, 3.05) is 24.5 Å². The molecule has 1 aliphatic heterocycles. The van der Waals surface area contributed by atoms with Crippen LogP contribution in [0.5, 0.6) is 0 Å². The van der Waals surface area contributed by atoms with Gasteiger partial charge in [0.05, 0.1) is 0 Å². The summed E-state index contributed by atoms with van der Waals surface area (Å²) in [6, 6.07) is 8.84. The fourth-order valence-electron chi connectivity index (χ4n) is 2.54. The highest BCUT2D eigenvalue weighted by molar-refractivity contribution is 5.54. The zero-order valence-electron chi connectivity index (χ0n) is 11.8. The normalized spacial score (nSPS) is 15.6. The summed E-state index contributed by atoms with van der Waals surface area (Å²) in [5.74, 6) is 0.784. The van der Waals surface area contributed by atoms with E-state index in [0.29, 0.717) is 0 Å². The number of rotatable bonds is 6. The van der Waals surface area contributed by atoms with E-state index in [1.807, 2.05) is 0 Å². The van der Waals surface area contributed by atoms with Crippen LogP contribution in [0.1, 0.15) is 38.7 Å². The first-order valence-corrected chi connectivity index (χ1v) is 7.31. The topological polar surface area (TPSA) is 15.3 Å². The molecule has 2 heteroatoms.